The fourth-order valence-electron chi connectivity index (χ4n) is 2.50. The normalized spacial score (nSPS) is 19.1. The summed E-state index contributed by atoms with van der Waals surface area (Å²) < 4.78 is 2.12. The monoisotopic (exact) mass is 201 g/mol. The van der Waals surface area contributed by atoms with Crippen LogP contribution in [0.4, 0.5) is 0 Å². The molecule has 1 aromatic carbocycles. The van der Waals surface area contributed by atoms with Gasteiger partial charge in [-0.05, 0) is 36.8 Å². The van der Waals surface area contributed by atoms with Crippen LogP contribution in [0.2, 0.25) is 0 Å². The van der Waals surface area contributed by atoms with Crippen molar-refractivity contribution < 1.29 is 5.11 Å². The fourth-order valence-corrected chi connectivity index (χ4v) is 2.50. The number of aromatic nitrogens is 1. The van der Waals surface area contributed by atoms with Gasteiger partial charge in [-0.1, -0.05) is 18.2 Å². The second kappa shape index (κ2) is 2.86. The van der Waals surface area contributed by atoms with Crippen LogP contribution in [0, 0.1) is 0 Å². The predicted octanol–water partition coefficient (Wildman–Crippen LogP) is 2.55. The van der Waals surface area contributed by atoms with E-state index in [0.717, 1.165) is 25.0 Å². The number of fused-ring (bicyclic) bond motifs is 1. The van der Waals surface area contributed by atoms with Crippen molar-refractivity contribution in [3.63, 3.8) is 0 Å². The van der Waals surface area contributed by atoms with E-state index in [1.54, 1.807) is 0 Å². The zero-order valence-electron chi connectivity index (χ0n) is 8.90. The van der Waals surface area contributed by atoms with Gasteiger partial charge in [-0.25, -0.2) is 0 Å². The first-order valence-corrected chi connectivity index (χ1v) is 5.48. The highest BCUT2D eigenvalue weighted by Crippen LogP contribution is 2.42. The molecule has 78 valence electrons. The maximum Gasteiger partial charge on any atom is 0.105 e. The number of rotatable bonds is 1. The lowest BCUT2D eigenvalue weighted by Crippen LogP contribution is -2.35. The fraction of sp³-hybridized carbons (Fsp3) is 0.385. The molecule has 0 amide bonds. The highest BCUT2D eigenvalue weighted by molar-refractivity contribution is 5.81. The standard InChI is InChI=1S/C13H15NO/c1-14-11-6-3-2-5-10(11)9-12(14)13(15)7-4-8-13/h2-3,5-6,9,15H,4,7-8H2,1H3. The molecule has 2 nitrogen and oxygen atoms in total. The van der Waals surface area contributed by atoms with Gasteiger partial charge in [0.1, 0.15) is 5.60 Å². The van der Waals surface area contributed by atoms with E-state index in [9.17, 15) is 5.11 Å². The van der Waals surface area contributed by atoms with Crippen LogP contribution in [0.5, 0.6) is 0 Å². The molecule has 0 unspecified atom stereocenters. The molecule has 1 saturated carbocycles. The van der Waals surface area contributed by atoms with Crippen molar-refractivity contribution in [1.82, 2.24) is 4.57 Å². The van der Waals surface area contributed by atoms with Crippen LogP contribution in [-0.4, -0.2) is 9.67 Å². The second-order valence-corrected chi connectivity index (χ2v) is 4.53. The lowest BCUT2D eigenvalue weighted by Gasteiger charge is -2.37. The Hall–Kier alpha value is -1.28. The zero-order chi connectivity index (χ0) is 10.5. The smallest absolute Gasteiger partial charge is 0.105 e. The van der Waals surface area contributed by atoms with Crippen LogP contribution in [0.15, 0.2) is 30.3 Å². The summed E-state index contributed by atoms with van der Waals surface area (Å²) in [5.41, 5.74) is 1.70. The summed E-state index contributed by atoms with van der Waals surface area (Å²) in [6.45, 7) is 0. The minimum absolute atomic E-state index is 0.562. The largest absolute Gasteiger partial charge is 0.384 e. The molecule has 15 heavy (non-hydrogen) atoms. The van der Waals surface area contributed by atoms with E-state index in [1.807, 2.05) is 19.2 Å². The number of hydrogen-bond acceptors (Lipinski definition) is 1. The number of para-hydroxylation sites is 1. The Labute approximate surface area is 89.1 Å². The molecule has 1 aliphatic carbocycles. The molecule has 0 spiro atoms. The molecular weight excluding hydrogens is 186 g/mol. The van der Waals surface area contributed by atoms with E-state index >= 15 is 0 Å². The van der Waals surface area contributed by atoms with Crippen molar-refractivity contribution in [2.45, 2.75) is 24.9 Å². The van der Waals surface area contributed by atoms with Crippen LogP contribution < -0.4 is 0 Å². The van der Waals surface area contributed by atoms with Crippen LogP contribution in [0.3, 0.4) is 0 Å². The van der Waals surface area contributed by atoms with E-state index < -0.39 is 5.60 Å². The average molecular weight is 201 g/mol. The lowest BCUT2D eigenvalue weighted by molar-refractivity contribution is -0.0445. The van der Waals surface area contributed by atoms with E-state index in [-0.39, 0.29) is 0 Å². The highest BCUT2D eigenvalue weighted by Gasteiger charge is 2.38. The second-order valence-electron chi connectivity index (χ2n) is 4.53. The maximum atomic E-state index is 10.3. The minimum atomic E-state index is -0.562. The van der Waals surface area contributed by atoms with Crippen molar-refractivity contribution in [1.29, 1.82) is 0 Å². The zero-order valence-corrected chi connectivity index (χ0v) is 8.90. The number of benzene rings is 1. The number of aliphatic hydroxyl groups is 1. The number of nitrogens with zero attached hydrogens (tertiary/aromatic N) is 1. The molecule has 0 bridgehead atoms. The Kier molecular flexibility index (Phi) is 1.71. The molecule has 0 atom stereocenters. The van der Waals surface area contributed by atoms with E-state index in [4.69, 9.17) is 0 Å². The quantitative estimate of drug-likeness (QED) is 0.753. The van der Waals surface area contributed by atoms with Crippen LogP contribution in [-0.2, 0) is 12.6 Å². The van der Waals surface area contributed by atoms with Crippen molar-refractivity contribution >= 4 is 10.9 Å². The molecular formula is C13H15NO. The Balaban J connectivity index is 2.23. The van der Waals surface area contributed by atoms with Crippen LogP contribution in [0.25, 0.3) is 10.9 Å². The molecule has 0 aliphatic heterocycles. The summed E-state index contributed by atoms with van der Waals surface area (Å²) in [6, 6.07) is 10.4. The van der Waals surface area contributed by atoms with Gasteiger partial charge in [0.15, 0.2) is 0 Å². The first-order valence-electron chi connectivity index (χ1n) is 5.48. The Morgan fingerprint density at radius 2 is 2.00 bits per heavy atom. The summed E-state index contributed by atoms with van der Waals surface area (Å²) >= 11 is 0. The van der Waals surface area contributed by atoms with Gasteiger partial charge in [0.05, 0.1) is 5.69 Å². The number of hydrogen-bond donors (Lipinski definition) is 1. The van der Waals surface area contributed by atoms with Gasteiger partial charge in [0.25, 0.3) is 0 Å². The van der Waals surface area contributed by atoms with Crippen molar-refractivity contribution in [2.75, 3.05) is 0 Å². The lowest BCUT2D eigenvalue weighted by atomic mass is 9.78. The summed E-state index contributed by atoms with van der Waals surface area (Å²) in [5.74, 6) is 0. The topological polar surface area (TPSA) is 25.2 Å². The first-order chi connectivity index (χ1) is 7.21. The van der Waals surface area contributed by atoms with Gasteiger partial charge in [-0.15, -0.1) is 0 Å². The SMILES string of the molecule is Cn1c(C2(O)CCC2)cc2ccccc21. The number of aryl methyl sites for hydroxylation is 1. The molecule has 1 heterocycles. The Morgan fingerprint density at radius 1 is 1.27 bits per heavy atom. The summed E-state index contributed by atoms with van der Waals surface area (Å²) in [6.07, 6.45) is 2.94. The van der Waals surface area contributed by atoms with Crippen molar-refractivity contribution in [3.05, 3.63) is 36.0 Å². The van der Waals surface area contributed by atoms with E-state index in [2.05, 4.69) is 22.8 Å². The van der Waals surface area contributed by atoms with Crippen molar-refractivity contribution in [2.24, 2.45) is 7.05 Å². The van der Waals surface area contributed by atoms with E-state index in [1.165, 1.54) is 10.9 Å². The van der Waals surface area contributed by atoms with Gasteiger partial charge in [-0.2, -0.15) is 0 Å². The molecule has 1 N–H and O–H groups in total. The average Bonchev–Trinajstić information content (AvgIpc) is 2.54. The van der Waals surface area contributed by atoms with Crippen LogP contribution >= 0.6 is 0 Å². The third kappa shape index (κ3) is 1.15. The molecule has 1 aliphatic rings. The van der Waals surface area contributed by atoms with Crippen LogP contribution in [0.1, 0.15) is 25.0 Å². The third-order valence-corrected chi connectivity index (χ3v) is 3.61. The van der Waals surface area contributed by atoms with Gasteiger partial charge in [0, 0.05) is 12.6 Å². The molecule has 2 heteroatoms. The Bertz CT molecular complexity index is 508. The molecule has 0 radical (unpaired) electrons. The molecule has 3 rings (SSSR count). The molecule has 0 saturated heterocycles. The van der Waals surface area contributed by atoms with E-state index in [0.29, 0.717) is 0 Å². The predicted molar refractivity (Wildman–Crippen MR) is 60.7 cm³/mol. The highest BCUT2D eigenvalue weighted by atomic mass is 16.3. The van der Waals surface area contributed by atoms with Gasteiger partial charge in [-0.3, -0.25) is 0 Å². The third-order valence-electron chi connectivity index (χ3n) is 3.61. The van der Waals surface area contributed by atoms with Gasteiger partial charge in [0.2, 0.25) is 0 Å². The van der Waals surface area contributed by atoms with Gasteiger partial charge < -0.3 is 9.67 Å². The summed E-state index contributed by atoms with van der Waals surface area (Å²) in [4.78, 5) is 0. The first kappa shape index (κ1) is 8.98. The summed E-state index contributed by atoms with van der Waals surface area (Å²) in [7, 11) is 2.04. The maximum absolute atomic E-state index is 10.3. The Morgan fingerprint density at radius 3 is 2.60 bits per heavy atom. The molecule has 1 fully saturated rings. The minimum Gasteiger partial charge on any atom is -0.384 e. The van der Waals surface area contributed by atoms with Crippen molar-refractivity contribution in [3.8, 4) is 0 Å². The molecule has 2 aromatic rings. The summed E-state index contributed by atoms with van der Waals surface area (Å²) in [5, 5.41) is 11.6. The van der Waals surface area contributed by atoms with Gasteiger partial charge >= 0.3 is 0 Å². The molecule has 1 aromatic heterocycles.